The minimum atomic E-state index is -3.58. The molecule has 1 atom stereocenters. The van der Waals surface area contributed by atoms with Gasteiger partial charge in [-0.1, -0.05) is 0 Å². The van der Waals surface area contributed by atoms with Crippen molar-refractivity contribution < 1.29 is 22.0 Å². The first-order valence-electron chi connectivity index (χ1n) is 4.00. The molecule has 1 rings (SSSR count). The molecule has 0 amide bonds. The van der Waals surface area contributed by atoms with Gasteiger partial charge in [-0.15, -0.1) is 0 Å². The Kier molecular flexibility index (Phi) is 5.67. The lowest BCUT2D eigenvalue weighted by molar-refractivity contribution is -0.0263. The topological polar surface area (TPSA) is 18.5 Å². The standard InChI is InChI=1S/C6H11F3O2Si.ClH3Si/c1-10-12(11-2)4-3-5(7)6(12,8)9;1-2/h5H,3-4H2,1-2H3;2H3. The number of rotatable bonds is 2. The van der Waals surface area contributed by atoms with Gasteiger partial charge in [0, 0.05) is 14.2 Å². The van der Waals surface area contributed by atoms with Crippen LogP contribution >= 0.6 is 11.1 Å². The molecule has 0 radical (unpaired) electrons. The summed E-state index contributed by atoms with van der Waals surface area (Å²) in [6.07, 6.45) is -2.27. The molecular weight excluding hydrogens is 253 g/mol. The van der Waals surface area contributed by atoms with E-state index in [0.29, 0.717) is 0 Å². The van der Waals surface area contributed by atoms with Crippen LogP contribution in [0.2, 0.25) is 6.04 Å². The average Bonchev–Trinajstić information content (AvgIpc) is 2.43. The van der Waals surface area contributed by atoms with E-state index in [1.807, 2.05) is 0 Å². The molecule has 1 saturated heterocycles. The van der Waals surface area contributed by atoms with Gasteiger partial charge in [-0.25, -0.2) is 13.2 Å². The summed E-state index contributed by atoms with van der Waals surface area (Å²) < 4.78 is 48.2. The summed E-state index contributed by atoms with van der Waals surface area (Å²) in [4.78, 5) is 0. The first-order chi connectivity index (χ1) is 6.50. The molecule has 0 saturated carbocycles. The highest BCUT2D eigenvalue weighted by molar-refractivity contribution is 6.80. The molecule has 0 aromatic carbocycles. The maximum Gasteiger partial charge on any atom is 0.417 e. The van der Waals surface area contributed by atoms with Crippen molar-refractivity contribution in [3.63, 3.8) is 0 Å². The molecule has 1 aliphatic rings. The second-order valence-corrected chi connectivity index (χ2v) is 6.28. The molecule has 1 heterocycles. The Bertz CT molecular complexity index is 180. The average molecular weight is 267 g/mol. The molecule has 0 aromatic rings. The Balaban J connectivity index is 0.000000791. The van der Waals surface area contributed by atoms with Crippen molar-refractivity contribution in [3.8, 4) is 0 Å². The van der Waals surface area contributed by atoms with Crippen LogP contribution in [0.25, 0.3) is 0 Å². The van der Waals surface area contributed by atoms with E-state index >= 15 is 0 Å². The highest BCUT2D eigenvalue weighted by Crippen LogP contribution is 2.45. The van der Waals surface area contributed by atoms with Crippen molar-refractivity contribution in [1.29, 1.82) is 0 Å². The van der Waals surface area contributed by atoms with E-state index in [0.717, 1.165) is 23.8 Å². The number of hydrogen-bond donors (Lipinski definition) is 0. The van der Waals surface area contributed by atoms with Crippen molar-refractivity contribution >= 4 is 29.2 Å². The lowest BCUT2D eigenvalue weighted by Crippen LogP contribution is -2.56. The normalized spacial score (nSPS) is 28.3. The van der Waals surface area contributed by atoms with Crippen LogP contribution < -0.4 is 0 Å². The summed E-state index contributed by atoms with van der Waals surface area (Å²) in [5, 5.41) is 0. The number of hydrogen-bond acceptors (Lipinski definition) is 2. The Morgan fingerprint density at radius 1 is 1.36 bits per heavy atom. The zero-order valence-electron chi connectivity index (χ0n) is 8.32. The smallest absolute Gasteiger partial charge is 0.394 e. The fourth-order valence-electron chi connectivity index (χ4n) is 1.46. The molecular formula is C6H14ClF3O2Si2. The van der Waals surface area contributed by atoms with Crippen LogP contribution in [0.5, 0.6) is 0 Å². The monoisotopic (exact) mass is 266 g/mol. The molecule has 0 aliphatic carbocycles. The maximum absolute atomic E-state index is 13.1. The summed E-state index contributed by atoms with van der Waals surface area (Å²) in [5.41, 5.74) is -3.41. The van der Waals surface area contributed by atoms with Crippen LogP contribution in [0.1, 0.15) is 6.42 Å². The lowest BCUT2D eigenvalue weighted by Gasteiger charge is -2.28. The third-order valence-corrected chi connectivity index (χ3v) is 5.88. The molecule has 86 valence electrons. The van der Waals surface area contributed by atoms with E-state index < -0.39 is 20.3 Å². The van der Waals surface area contributed by atoms with Gasteiger partial charge >= 0.3 is 14.1 Å². The van der Waals surface area contributed by atoms with Gasteiger partial charge < -0.3 is 8.85 Å². The molecule has 14 heavy (non-hydrogen) atoms. The van der Waals surface area contributed by atoms with E-state index in [9.17, 15) is 13.2 Å². The molecule has 1 fully saturated rings. The predicted octanol–water partition coefficient (Wildman–Crippen LogP) is 1.14. The molecule has 0 N–H and O–H groups in total. The fourth-order valence-corrected chi connectivity index (χ4v) is 4.17. The first kappa shape index (κ1) is 14.4. The predicted molar refractivity (Wildman–Crippen MR) is 54.8 cm³/mol. The van der Waals surface area contributed by atoms with Crippen LogP contribution in [-0.4, -0.2) is 44.1 Å². The van der Waals surface area contributed by atoms with Gasteiger partial charge in [0.2, 0.25) is 0 Å². The summed E-state index contributed by atoms with van der Waals surface area (Å²) in [5.74, 6) is 0. The van der Waals surface area contributed by atoms with Crippen LogP contribution in [0.15, 0.2) is 0 Å². The third-order valence-electron chi connectivity index (χ3n) is 2.29. The van der Waals surface area contributed by atoms with Gasteiger partial charge in [0.1, 0.15) is 9.55 Å². The Labute approximate surface area is 90.1 Å². The van der Waals surface area contributed by atoms with E-state index in [1.165, 1.54) is 0 Å². The Hall–Kier alpha value is 0.434. The molecule has 2 nitrogen and oxygen atoms in total. The lowest BCUT2D eigenvalue weighted by atomic mass is 10.3. The third kappa shape index (κ3) is 2.16. The zero-order chi connectivity index (χ0) is 11.4. The molecule has 1 aliphatic heterocycles. The van der Waals surface area contributed by atoms with Crippen molar-refractivity contribution in [2.75, 3.05) is 14.2 Å². The minimum absolute atomic E-state index is 0.0220. The van der Waals surface area contributed by atoms with Gasteiger partial charge in [0.15, 0.2) is 6.17 Å². The quantitative estimate of drug-likeness (QED) is 0.551. The van der Waals surface area contributed by atoms with E-state index in [1.54, 1.807) is 0 Å². The Morgan fingerprint density at radius 3 is 1.93 bits per heavy atom. The van der Waals surface area contributed by atoms with Crippen LogP contribution in [0, 0.1) is 0 Å². The second-order valence-electron chi connectivity index (χ2n) is 2.79. The zero-order valence-corrected chi connectivity index (χ0v) is 12.1. The fraction of sp³-hybridized carbons (Fsp3) is 1.00. The molecule has 8 heteroatoms. The maximum atomic E-state index is 13.1. The van der Waals surface area contributed by atoms with Crippen molar-refractivity contribution in [3.05, 3.63) is 0 Å². The van der Waals surface area contributed by atoms with E-state index in [2.05, 4.69) is 8.85 Å². The SMILES string of the molecule is CO[Si]1(OC)CCC(F)C1(F)F.[SiH3]Cl. The largest absolute Gasteiger partial charge is 0.417 e. The van der Waals surface area contributed by atoms with E-state index in [-0.39, 0.29) is 12.5 Å². The van der Waals surface area contributed by atoms with Crippen LogP contribution in [-0.2, 0) is 8.85 Å². The van der Waals surface area contributed by atoms with Crippen molar-refractivity contribution in [1.82, 2.24) is 0 Å². The van der Waals surface area contributed by atoms with Gasteiger partial charge in [-0.05, 0) is 12.5 Å². The van der Waals surface area contributed by atoms with Gasteiger partial charge in [-0.3, -0.25) is 0 Å². The van der Waals surface area contributed by atoms with E-state index in [4.69, 9.17) is 11.1 Å². The molecule has 0 spiro atoms. The van der Waals surface area contributed by atoms with Crippen molar-refractivity contribution in [2.45, 2.75) is 24.2 Å². The number of halogens is 4. The summed E-state index contributed by atoms with van der Waals surface area (Å²) in [6.45, 7) is 0. The first-order valence-corrected chi connectivity index (χ1v) is 9.05. The molecule has 1 unspecified atom stereocenters. The molecule has 0 bridgehead atoms. The molecule has 0 aromatic heterocycles. The van der Waals surface area contributed by atoms with Gasteiger partial charge in [0.05, 0.1) is 0 Å². The summed E-state index contributed by atoms with van der Waals surface area (Å²) in [6, 6.07) is 0.0220. The Morgan fingerprint density at radius 2 is 1.79 bits per heavy atom. The summed E-state index contributed by atoms with van der Waals surface area (Å²) in [7, 11) is -0.493. The van der Waals surface area contributed by atoms with Crippen molar-refractivity contribution in [2.24, 2.45) is 0 Å². The highest BCUT2D eigenvalue weighted by atomic mass is 35.6. The summed E-state index contributed by atoms with van der Waals surface area (Å²) >= 11 is 4.78. The van der Waals surface area contributed by atoms with Gasteiger partial charge in [-0.2, -0.15) is 11.1 Å². The number of alkyl halides is 3. The highest BCUT2D eigenvalue weighted by Gasteiger charge is 2.69. The minimum Gasteiger partial charge on any atom is -0.394 e. The van der Waals surface area contributed by atoms with Gasteiger partial charge in [0.25, 0.3) is 0 Å². The van der Waals surface area contributed by atoms with Crippen LogP contribution in [0.4, 0.5) is 13.2 Å². The van der Waals surface area contributed by atoms with Crippen LogP contribution in [0.3, 0.4) is 0 Å². The second kappa shape index (κ2) is 5.50.